The van der Waals surface area contributed by atoms with E-state index in [0.29, 0.717) is 0 Å². The van der Waals surface area contributed by atoms with Crippen molar-refractivity contribution in [3.05, 3.63) is 17.7 Å². The molecule has 0 radical (unpaired) electrons. The number of benzene rings is 1. The highest BCUT2D eigenvalue weighted by atomic mass is 32.2. The van der Waals surface area contributed by atoms with Gasteiger partial charge in [0.2, 0.25) is 0 Å². The van der Waals surface area contributed by atoms with E-state index in [4.69, 9.17) is 14.8 Å². The van der Waals surface area contributed by atoms with E-state index >= 15 is 0 Å². The van der Waals surface area contributed by atoms with Crippen LogP contribution in [0.4, 0.5) is 0 Å². The molecule has 0 saturated heterocycles. The van der Waals surface area contributed by atoms with E-state index in [1.54, 1.807) is 0 Å². The second-order valence-corrected chi connectivity index (χ2v) is 3.98. The lowest BCUT2D eigenvalue weighted by Crippen LogP contribution is -1.97. The summed E-state index contributed by atoms with van der Waals surface area (Å²) in [4.78, 5) is -0.534. The average molecular weight is 204 g/mol. The summed E-state index contributed by atoms with van der Waals surface area (Å²) in [6, 6.07) is 1.73. The molecule has 1 aromatic carbocycles. The Morgan fingerprint density at radius 3 is 1.85 bits per heavy atom. The Kier molecular flexibility index (Phi) is 2.19. The minimum absolute atomic E-state index is 0.160. The summed E-state index contributed by atoms with van der Waals surface area (Å²) < 4.78 is 29.7. The fraction of sp³-hybridized carbons (Fsp3) is 0.143. The molecule has 5 nitrogen and oxygen atoms in total. The molecule has 0 atom stereocenters. The number of hydrogen-bond acceptors (Lipinski definition) is 4. The van der Waals surface area contributed by atoms with E-state index in [0.717, 1.165) is 12.1 Å². The molecule has 1 aromatic rings. The van der Waals surface area contributed by atoms with Crippen LogP contribution in [0, 0.1) is 6.92 Å². The first-order chi connectivity index (χ1) is 5.82. The molecule has 0 fully saturated rings. The molecule has 0 unspecified atom stereocenters. The number of phenolic OH excluding ortho intramolecular Hbond substituents is 2. The number of phenols is 2. The topological polar surface area (TPSA) is 94.8 Å². The molecule has 1 rings (SSSR count). The number of aromatic hydroxyl groups is 2. The molecule has 0 aliphatic heterocycles. The normalized spacial score (nSPS) is 11.5. The molecule has 0 aromatic heterocycles. The minimum atomic E-state index is -4.38. The van der Waals surface area contributed by atoms with E-state index in [1.165, 1.54) is 6.92 Å². The lowest BCUT2D eigenvalue weighted by atomic mass is 10.2. The number of rotatable bonds is 1. The van der Waals surface area contributed by atoms with Gasteiger partial charge in [0.1, 0.15) is 16.4 Å². The van der Waals surface area contributed by atoms with Gasteiger partial charge in [-0.1, -0.05) is 0 Å². The maximum Gasteiger partial charge on any atom is 0.294 e. The maximum absolute atomic E-state index is 10.6. The van der Waals surface area contributed by atoms with Crippen molar-refractivity contribution >= 4 is 10.1 Å². The molecule has 0 bridgehead atoms. The van der Waals surface area contributed by atoms with Gasteiger partial charge < -0.3 is 10.2 Å². The SMILES string of the molecule is Cc1c(O)cc(S(=O)(=O)O)cc1O. The fourth-order valence-electron chi connectivity index (χ4n) is 0.808. The molecule has 0 saturated carbocycles. The predicted molar refractivity (Wildman–Crippen MR) is 44.3 cm³/mol. The van der Waals surface area contributed by atoms with E-state index in [1.807, 2.05) is 0 Å². The van der Waals surface area contributed by atoms with Crippen molar-refractivity contribution in [2.24, 2.45) is 0 Å². The zero-order valence-electron chi connectivity index (χ0n) is 6.72. The number of hydrogen-bond donors (Lipinski definition) is 3. The summed E-state index contributed by atoms with van der Waals surface area (Å²) in [5.41, 5.74) is 0.160. The predicted octanol–water partition coefficient (Wildman–Crippen LogP) is 0.653. The molecule has 13 heavy (non-hydrogen) atoms. The lowest BCUT2D eigenvalue weighted by molar-refractivity contribution is 0.436. The van der Waals surface area contributed by atoms with Gasteiger partial charge in [0.05, 0.1) is 0 Å². The van der Waals surface area contributed by atoms with Gasteiger partial charge in [-0.2, -0.15) is 8.42 Å². The monoisotopic (exact) mass is 204 g/mol. The third kappa shape index (κ3) is 1.90. The van der Waals surface area contributed by atoms with Crippen LogP contribution in [0.3, 0.4) is 0 Å². The van der Waals surface area contributed by atoms with Gasteiger partial charge in [0.15, 0.2) is 0 Å². The first kappa shape index (κ1) is 9.82. The van der Waals surface area contributed by atoms with Crippen LogP contribution in [0.2, 0.25) is 0 Å². The molecule has 3 N–H and O–H groups in total. The van der Waals surface area contributed by atoms with Gasteiger partial charge >= 0.3 is 0 Å². The first-order valence-electron chi connectivity index (χ1n) is 3.32. The minimum Gasteiger partial charge on any atom is -0.507 e. The van der Waals surface area contributed by atoms with Crippen molar-refractivity contribution in [2.45, 2.75) is 11.8 Å². The van der Waals surface area contributed by atoms with Crippen LogP contribution in [0.1, 0.15) is 5.56 Å². The van der Waals surface area contributed by atoms with Crippen molar-refractivity contribution in [1.82, 2.24) is 0 Å². The van der Waals surface area contributed by atoms with Crippen LogP contribution in [0.5, 0.6) is 11.5 Å². The third-order valence-corrected chi connectivity index (χ3v) is 2.46. The molecule has 0 spiro atoms. The van der Waals surface area contributed by atoms with Crippen molar-refractivity contribution in [3.63, 3.8) is 0 Å². The van der Waals surface area contributed by atoms with Crippen LogP contribution in [0.25, 0.3) is 0 Å². The summed E-state index contributed by atoms with van der Waals surface area (Å²) in [5.74, 6) is -0.764. The Balaban J connectivity index is 3.47. The first-order valence-corrected chi connectivity index (χ1v) is 4.76. The highest BCUT2D eigenvalue weighted by Crippen LogP contribution is 2.29. The van der Waals surface area contributed by atoms with E-state index in [-0.39, 0.29) is 17.1 Å². The summed E-state index contributed by atoms with van der Waals surface area (Å²) in [6.45, 7) is 1.42. The Morgan fingerprint density at radius 1 is 1.15 bits per heavy atom. The Labute approximate surface area is 75.0 Å². The summed E-state index contributed by atoms with van der Waals surface area (Å²) >= 11 is 0. The van der Waals surface area contributed by atoms with Crippen molar-refractivity contribution in [2.75, 3.05) is 0 Å². The van der Waals surface area contributed by atoms with Gasteiger partial charge in [-0.05, 0) is 6.92 Å². The molecule has 0 aliphatic rings. The van der Waals surface area contributed by atoms with Crippen LogP contribution >= 0.6 is 0 Å². The summed E-state index contributed by atoms with van der Waals surface area (Å²) in [6.07, 6.45) is 0. The average Bonchev–Trinajstić information content (AvgIpc) is 1.97. The van der Waals surface area contributed by atoms with Gasteiger partial charge in [-0.3, -0.25) is 4.55 Å². The maximum atomic E-state index is 10.6. The largest absolute Gasteiger partial charge is 0.507 e. The summed E-state index contributed by atoms with van der Waals surface area (Å²) in [7, 11) is -4.38. The Bertz CT molecular complexity index is 411. The van der Waals surface area contributed by atoms with Gasteiger partial charge in [0.25, 0.3) is 10.1 Å². The van der Waals surface area contributed by atoms with Crippen molar-refractivity contribution < 1.29 is 23.2 Å². The van der Waals surface area contributed by atoms with Gasteiger partial charge in [0, 0.05) is 17.7 Å². The van der Waals surface area contributed by atoms with Crippen LogP contribution in [0.15, 0.2) is 17.0 Å². The highest BCUT2D eigenvalue weighted by Gasteiger charge is 2.14. The van der Waals surface area contributed by atoms with Crippen LogP contribution < -0.4 is 0 Å². The van der Waals surface area contributed by atoms with Crippen LogP contribution in [-0.4, -0.2) is 23.2 Å². The smallest absolute Gasteiger partial charge is 0.294 e. The highest BCUT2D eigenvalue weighted by molar-refractivity contribution is 7.85. The fourth-order valence-corrected chi connectivity index (χ4v) is 1.33. The lowest BCUT2D eigenvalue weighted by Gasteiger charge is -2.03. The molecule has 0 aliphatic carbocycles. The quantitative estimate of drug-likeness (QED) is 0.584. The summed E-state index contributed by atoms with van der Waals surface area (Å²) in [5, 5.41) is 18.2. The van der Waals surface area contributed by atoms with E-state index < -0.39 is 15.0 Å². The molecular weight excluding hydrogens is 196 g/mol. The zero-order valence-corrected chi connectivity index (χ0v) is 7.54. The Hall–Kier alpha value is -1.27. The zero-order chi connectivity index (χ0) is 10.2. The van der Waals surface area contributed by atoms with Gasteiger partial charge in [-0.15, -0.1) is 0 Å². The molecule has 6 heteroatoms. The van der Waals surface area contributed by atoms with Gasteiger partial charge in [-0.25, -0.2) is 0 Å². The standard InChI is InChI=1S/C7H8O5S/c1-4-6(8)2-5(3-7(4)9)13(10,11)12/h2-3,8-9H,1H3,(H,10,11,12). The molecule has 72 valence electrons. The molecular formula is C7H8O5S. The Morgan fingerprint density at radius 2 is 1.54 bits per heavy atom. The second-order valence-electron chi connectivity index (χ2n) is 2.56. The van der Waals surface area contributed by atoms with Crippen LogP contribution in [-0.2, 0) is 10.1 Å². The second kappa shape index (κ2) is 2.90. The van der Waals surface area contributed by atoms with Crippen molar-refractivity contribution in [1.29, 1.82) is 0 Å². The van der Waals surface area contributed by atoms with E-state index in [2.05, 4.69) is 0 Å². The molecule has 0 amide bonds. The third-order valence-electron chi connectivity index (χ3n) is 1.62. The van der Waals surface area contributed by atoms with Crippen molar-refractivity contribution in [3.8, 4) is 11.5 Å². The van der Waals surface area contributed by atoms with E-state index in [9.17, 15) is 8.42 Å². The molecule has 0 heterocycles.